The summed E-state index contributed by atoms with van der Waals surface area (Å²) in [5.74, 6) is 0.298. The van der Waals surface area contributed by atoms with Crippen LogP contribution in [0.4, 0.5) is 0 Å². The Hall–Kier alpha value is -1.99. The monoisotopic (exact) mass is 402 g/mol. The highest BCUT2D eigenvalue weighted by Crippen LogP contribution is 2.23. The summed E-state index contributed by atoms with van der Waals surface area (Å²) in [5.41, 5.74) is 0.984. The van der Waals surface area contributed by atoms with Gasteiger partial charge in [0.15, 0.2) is 0 Å². The van der Waals surface area contributed by atoms with E-state index in [4.69, 9.17) is 0 Å². The Labute approximate surface area is 170 Å². The number of carbonyl (C=O) groups excluding carboxylic acids is 2. The number of benzene rings is 1. The van der Waals surface area contributed by atoms with E-state index in [1.165, 1.54) is 0 Å². The van der Waals surface area contributed by atoms with Gasteiger partial charge in [0.2, 0.25) is 11.8 Å². The number of hydrogen-bond acceptors (Lipinski definition) is 5. The largest absolute Gasteiger partial charge is 0.354 e. The highest BCUT2D eigenvalue weighted by atomic mass is 32.1. The highest BCUT2D eigenvalue weighted by Gasteiger charge is 2.31. The number of likely N-dealkylation sites (tertiary alicyclic amines) is 1. The number of hydrogen-bond donors (Lipinski definition) is 1. The molecule has 0 bridgehead atoms. The second-order valence-electron chi connectivity index (χ2n) is 7.92. The van der Waals surface area contributed by atoms with Crippen LogP contribution in [-0.2, 0) is 16.1 Å². The Balaban J connectivity index is 1.53. The van der Waals surface area contributed by atoms with Gasteiger partial charge in [-0.25, -0.2) is 4.98 Å². The lowest BCUT2D eigenvalue weighted by atomic mass is 9.94. The molecule has 0 spiro atoms. The molecule has 6 nitrogen and oxygen atoms in total. The third-order valence-corrected chi connectivity index (χ3v) is 6.34. The maximum absolute atomic E-state index is 12.9. The first-order valence-electron chi connectivity index (χ1n) is 9.99. The topological polar surface area (TPSA) is 65.5 Å². The molecular weight excluding hydrogens is 372 g/mol. The number of likely N-dealkylation sites (N-methyl/N-ethyl adjacent to an activating group) is 1. The molecule has 1 N–H and O–H groups in total. The normalized spacial score (nSPS) is 17.0. The van der Waals surface area contributed by atoms with Crippen LogP contribution in [-0.4, -0.2) is 58.8 Å². The number of amides is 2. The predicted molar refractivity (Wildman–Crippen MR) is 113 cm³/mol. The first-order chi connectivity index (χ1) is 13.3. The van der Waals surface area contributed by atoms with Crippen LogP contribution in [0.3, 0.4) is 0 Å². The minimum atomic E-state index is -0.187. The zero-order valence-corrected chi connectivity index (χ0v) is 18.0. The summed E-state index contributed by atoms with van der Waals surface area (Å²) in [4.78, 5) is 33.7. The minimum absolute atomic E-state index is 0.0569. The van der Waals surface area contributed by atoms with Crippen molar-refractivity contribution in [3.05, 3.63) is 29.3 Å². The molecule has 1 aromatic carbocycles. The van der Waals surface area contributed by atoms with Gasteiger partial charge >= 0.3 is 0 Å². The third-order valence-electron chi connectivity index (χ3n) is 5.32. The minimum Gasteiger partial charge on any atom is -0.354 e. The molecule has 0 aliphatic carbocycles. The Morgan fingerprint density at radius 1 is 1.25 bits per heavy atom. The van der Waals surface area contributed by atoms with Gasteiger partial charge in [0.1, 0.15) is 5.01 Å². The Kier molecular flexibility index (Phi) is 6.67. The fraction of sp³-hybridized carbons (Fsp3) is 0.571. The van der Waals surface area contributed by atoms with Gasteiger partial charge in [0, 0.05) is 19.0 Å². The van der Waals surface area contributed by atoms with Gasteiger partial charge in [-0.2, -0.15) is 0 Å². The number of carbonyl (C=O) groups is 2. The molecule has 3 rings (SSSR count). The molecule has 1 aromatic heterocycles. The smallest absolute Gasteiger partial charge is 0.239 e. The number of fused-ring (bicyclic) bond motifs is 1. The second-order valence-corrected chi connectivity index (χ2v) is 9.03. The number of rotatable bonds is 6. The van der Waals surface area contributed by atoms with E-state index in [2.05, 4.69) is 21.3 Å². The molecule has 28 heavy (non-hydrogen) atoms. The number of nitrogens with zero attached hydrogens (tertiary/aromatic N) is 3. The number of aromatic nitrogens is 1. The van der Waals surface area contributed by atoms with Crippen LogP contribution < -0.4 is 5.32 Å². The first kappa shape index (κ1) is 20.7. The maximum Gasteiger partial charge on any atom is 0.239 e. The summed E-state index contributed by atoms with van der Waals surface area (Å²) >= 11 is 1.64. The van der Waals surface area contributed by atoms with Crippen LogP contribution in [0.2, 0.25) is 0 Å². The molecule has 0 radical (unpaired) electrons. The fourth-order valence-electron chi connectivity index (χ4n) is 3.69. The summed E-state index contributed by atoms with van der Waals surface area (Å²) in [5, 5.41) is 3.95. The van der Waals surface area contributed by atoms with Gasteiger partial charge in [-0.3, -0.25) is 14.5 Å². The van der Waals surface area contributed by atoms with Crippen molar-refractivity contribution < 1.29 is 9.59 Å². The third kappa shape index (κ3) is 4.89. The van der Waals surface area contributed by atoms with E-state index in [9.17, 15) is 9.59 Å². The molecule has 1 aliphatic heterocycles. The van der Waals surface area contributed by atoms with Crippen molar-refractivity contribution in [2.24, 2.45) is 5.92 Å². The van der Waals surface area contributed by atoms with Crippen molar-refractivity contribution in [1.29, 1.82) is 0 Å². The van der Waals surface area contributed by atoms with Crippen molar-refractivity contribution in [2.45, 2.75) is 52.2 Å². The van der Waals surface area contributed by atoms with Gasteiger partial charge in [0.25, 0.3) is 0 Å². The van der Waals surface area contributed by atoms with Gasteiger partial charge in [-0.05, 0) is 58.8 Å². The number of nitrogens with one attached hydrogen (secondary N) is 1. The van der Waals surface area contributed by atoms with E-state index in [1.807, 2.05) is 46.0 Å². The van der Waals surface area contributed by atoms with Crippen LogP contribution in [0.15, 0.2) is 24.3 Å². The lowest BCUT2D eigenvalue weighted by Crippen LogP contribution is -2.50. The molecule has 1 aliphatic rings. The quantitative estimate of drug-likeness (QED) is 0.807. The van der Waals surface area contributed by atoms with Crippen LogP contribution in [0.1, 0.15) is 38.6 Å². The zero-order valence-electron chi connectivity index (χ0n) is 17.1. The number of piperidine rings is 1. The van der Waals surface area contributed by atoms with Gasteiger partial charge in [-0.15, -0.1) is 11.3 Å². The standard InChI is InChI=1S/C21H30N4O2S/c1-14(2)22-20(26)16-9-11-25(12-10-16)15(3)21(27)24(4)13-19-23-17-7-5-6-8-18(17)28-19/h5-8,14-16H,9-13H2,1-4H3,(H,22,26). The lowest BCUT2D eigenvalue weighted by molar-refractivity contribution is -0.136. The summed E-state index contributed by atoms with van der Waals surface area (Å²) < 4.78 is 1.15. The van der Waals surface area contributed by atoms with E-state index in [1.54, 1.807) is 16.2 Å². The summed E-state index contributed by atoms with van der Waals surface area (Å²) in [6, 6.07) is 8.02. The van der Waals surface area contributed by atoms with Crippen molar-refractivity contribution in [2.75, 3.05) is 20.1 Å². The van der Waals surface area contributed by atoms with Crippen molar-refractivity contribution in [3.63, 3.8) is 0 Å². The predicted octanol–water partition coefficient (Wildman–Crippen LogP) is 2.88. The SMILES string of the molecule is CC(C)NC(=O)C1CCN(C(C)C(=O)N(C)Cc2nc3ccccc3s2)CC1. The van der Waals surface area contributed by atoms with Gasteiger partial charge < -0.3 is 10.2 Å². The molecule has 1 fully saturated rings. The Morgan fingerprint density at radius 3 is 2.57 bits per heavy atom. The van der Waals surface area contributed by atoms with Crippen molar-refractivity contribution in [1.82, 2.24) is 20.1 Å². The summed E-state index contributed by atoms with van der Waals surface area (Å²) in [6.07, 6.45) is 1.61. The van der Waals surface area contributed by atoms with E-state index >= 15 is 0 Å². The second kappa shape index (κ2) is 9.01. The Morgan fingerprint density at radius 2 is 1.93 bits per heavy atom. The molecule has 2 aromatic rings. The van der Waals surface area contributed by atoms with Crippen molar-refractivity contribution in [3.8, 4) is 0 Å². The van der Waals surface area contributed by atoms with Gasteiger partial charge in [0.05, 0.1) is 22.8 Å². The fourth-order valence-corrected chi connectivity index (χ4v) is 4.72. The molecule has 0 saturated carbocycles. The molecule has 1 saturated heterocycles. The molecule has 7 heteroatoms. The molecule has 152 valence electrons. The van der Waals surface area contributed by atoms with Crippen LogP contribution in [0.25, 0.3) is 10.2 Å². The van der Waals surface area contributed by atoms with Crippen LogP contribution >= 0.6 is 11.3 Å². The maximum atomic E-state index is 12.9. The highest BCUT2D eigenvalue weighted by molar-refractivity contribution is 7.18. The van der Waals surface area contributed by atoms with E-state index < -0.39 is 0 Å². The Bertz CT molecular complexity index is 794. The molecule has 2 amide bonds. The average Bonchev–Trinajstić information content (AvgIpc) is 3.08. The van der Waals surface area contributed by atoms with Gasteiger partial charge in [-0.1, -0.05) is 12.1 Å². The van der Waals surface area contributed by atoms with E-state index in [0.717, 1.165) is 41.2 Å². The average molecular weight is 403 g/mol. The number of para-hydroxylation sites is 1. The molecule has 2 heterocycles. The molecular formula is C21H30N4O2S. The first-order valence-corrected chi connectivity index (χ1v) is 10.8. The molecule has 1 unspecified atom stereocenters. The summed E-state index contributed by atoms with van der Waals surface area (Å²) in [6.45, 7) is 8.00. The van der Waals surface area contributed by atoms with E-state index in [0.29, 0.717) is 6.54 Å². The molecule has 1 atom stereocenters. The zero-order chi connectivity index (χ0) is 20.3. The summed E-state index contributed by atoms with van der Waals surface area (Å²) in [7, 11) is 1.84. The van der Waals surface area contributed by atoms with Crippen LogP contribution in [0, 0.1) is 5.92 Å². The van der Waals surface area contributed by atoms with Crippen molar-refractivity contribution >= 4 is 33.4 Å². The van der Waals surface area contributed by atoms with E-state index in [-0.39, 0.29) is 29.8 Å². The van der Waals surface area contributed by atoms with Crippen LogP contribution in [0.5, 0.6) is 0 Å². The lowest BCUT2D eigenvalue weighted by Gasteiger charge is -2.36. The number of thiazole rings is 1.